The second-order valence-corrected chi connectivity index (χ2v) is 5.07. The molecule has 1 fully saturated rings. The number of carboxylic acid groups (broad SMARTS) is 1. The number of hydrogen-bond donors (Lipinski definition) is 2. The molecule has 1 saturated heterocycles. The van der Waals surface area contributed by atoms with Gasteiger partial charge in [0.2, 0.25) is 5.91 Å². The van der Waals surface area contributed by atoms with Gasteiger partial charge in [-0.2, -0.15) is 0 Å². The maximum absolute atomic E-state index is 11.7. The molecular formula is C13H23N3O4. The molecule has 7 heteroatoms. The molecule has 7 nitrogen and oxygen atoms in total. The molecule has 0 unspecified atom stereocenters. The minimum atomic E-state index is -0.938. The van der Waals surface area contributed by atoms with Gasteiger partial charge in [-0.15, -0.1) is 0 Å². The van der Waals surface area contributed by atoms with Gasteiger partial charge in [-0.25, -0.2) is 4.79 Å². The summed E-state index contributed by atoms with van der Waals surface area (Å²) in [5.41, 5.74) is 0. The number of imide groups is 1. The first-order valence-electron chi connectivity index (χ1n) is 6.98. The van der Waals surface area contributed by atoms with Crippen molar-refractivity contribution >= 4 is 17.9 Å². The Labute approximate surface area is 118 Å². The van der Waals surface area contributed by atoms with Crippen LogP contribution in [0.4, 0.5) is 4.79 Å². The zero-order valence-electron chi connectivity index (χ0n) is 11.9. The highest BCUT2D eigenvalue weighted by molar-refractivity contribution is 5.94. The number of likely N-dealkylation sites (N-methyl/N-ethyl adjacent to an activating group) is 1. The topological polar surface area (TPSA) is 90.0 Å². The SMILES string of the molecule is CN(CCN1CCCC1)C(=O)NC(=O)CCCC(=O)O. The van der Waals surface area contributed by atoms with Crippen molar-refractivity contribution < 1.29 is 19.5 Å². The molecule has 20 heavy (non-hydrogen) atoms. The molecule has 1 aliphatic rings. The monoisotopic (exact) mass is 285 g/mol. The van der Waals surface area contributed by atoms with Gasteiger partial charge in [-0.3, -0.25) is 14.9 Å². The van der Waals surface area contributed by atoms with Crippen LogP contribution in [0.3, 0.4) is 0 Å². The first-order chi connectivity index (χ1) is 9.49. The summed E-state index contributed by atoms with van der Waals surface area (Å²) in [6.07, 6.45) is 2.65. The Kier molecular flexibility index (Phi) is 7.00. The molecule has 0 aromatic rings. The third-order valence-electron chi connectivity index (χ3n) is 3.34. The summed E-state index contributed by atoms with van der Waals surface area (Å²) in [6, 6.07) is -0.426. The van der Waals surface area contributed by atoms with Gasteiger partial charge in [0, 0.05) is 33.0 Å². The number of nitrogens with zero attached hydrogens (tertiary/aromatic N) is 2. The van der Waals surface area contributed by atoms with Crippen LogP contribution in [-0.2, 0) is 9.59 Å². The van der Waals surface area contributed by atoms with Gasteiger partial charge in [-0.05, 0) is 32.4 Å². The summed E-state index contributed by atoms with van der Waals surface area (Å²) in [4.78, 5) is 37.2. The van der Waals surface area contributed by atoms with E-state index in [0.717, 1.165) is 19.6 Å². The highest BCUT2D eigenvalue weighted by Gasteiger charge is 2.15. The van der Waals surface area contributed by atoms with Crippen molar-refractivity contribution in [2.75, 3.05) is 33.2 Å². The van der Waals surface area contributed by atoms with E-state index in [9.17, 15) is 14.4 Å². The third kappa shape index (κ3) is 6.51. The average molecular weight is 285 g/mol. The Bertz CT molecular complexity index is 354. The Balaban J connectivity index is 2.16. The quantitative estimate of drug-likeness (QED) is 0.711. The number of carboxylic acids is 1. The van der Waals surface area contributed by atoms with Crippen LogP contribution in [0.15, 0.2) is 0 Å². The number of likely N-dealkylation sites (tertiary alicyclic amines) is 1. The molecule has 0 aromatic heterocycles. The molecule has 114 valence electrons. The molecule has 3 amide bonds. The maximum Gasteiger partial charge on any atom is 0.323 e. The van der Waals surface area contributed by atoms with Gasteiger partial charge < -0.3 is 14.9 Å². The van der Waals surface area contributed by atoms with Crippen LogP contribution >= 0.6 is 0 Å². The lowest BCUT2D eigenvalue weighted by molar-refractivity contribution is -0.137. The minimum absolute atomic E-state index is 0.0536. The molecule has 0 saturated carbocycles. The lowest BCUT2D eigenvalue weighted by Crippen LogP contribution is -2.43. The Hall–Kier alpha value is -1.63. The van der Waals surface area contributed by atoms with Crippen molar-refractivity contribution in [2.24, 2.45) is 0 Å². The minimum Gasteiger partial charge on any atom is -0.481 e. The number of carbonyl (C=O) groups excluding carboxylic acids is 2. The summed E-state index contributed by atoms with van der Waals surface area (Å²) < 4.78 is 0. The zero-order chi connectivity index (χ0) is 15.0. The molecule has 0 spiro atoms. The molecule has 0 aromatic carbocycles. The molecule has 1 aliphatic heterocycles. The van der Waals surface area contributed by atoms with Gasteiger partial charge in [-0.1, -0.05) is 0 Å². The average Bonchev–Trinajstić information content (AvgIpc) is 2.88. The maximum atomic E-state index is 11.7. The summed E-state index contributed by atoms with van der Waals surface area (Å²) in [6.45, 7) is 3.54. The van der Waals surface area contributed by atoms with E-state index in [1.807, 2.05) is 0 Å². The molecule has 0 atom stereocenters. The number of nitrogens with one attached hydrogen (secondary N) is 1. The zero-order valence-corrected chi connectivity index (χ0v) is 11.9. The van der Waals surface area contributed by atoms with Crippen LogP contribution in [0.2, 0.25) is 0 Å². The fraction of sp³-hybridized carbons (Fsp3) is 0.769. The van der Waals surface area contributed by atoms with Crippen LogP contribution in [0.5, 0.6) is 0 Å². The van der Waals surface area contributed by atoms with E-state index in [0.29, 0.717) is 6.54 Å². The lowest BCUT2D eigenvalue weighted by atomic mass is 10.2. The Morgan fingerprint density at radius 3 is 2.45 bits per heavy atom. The highest BCUT2D eigenvalue weighted by Crippen LogP contribution is 2.06. The van der Waals surface area contributed by atoms with E-state index >= 15 is 0 Å². The first-order valence-corrected chi connectivity index (χ1v) is 6.98. The van der Waals surface area contributed by atoms with Crippen molar-refractivity contribution in [1.29, 1.82) is 0 Å². The van der Waals surface area contributed by atoms with Crippen molar-refractivity contribution in [3.63, 3.8) is 0 Å². The predicted molar refractivity (Wildman–Crippen MR) is 73.3 cm³/mol. The highest BCUT2D eigenvalue weighted by atomic mass is 16.4. The van der Waals surface area contributed by atoms with Crippen molar-refractivity contribution in [2.45, 2.75) is 32.1 Å². The van der Waals surface area contributed by atoms with Crippen LogP contribution in [0.1, 0.15) is 32.1 Å². The van der Waals surface area contributed by atoms with Gasteiger partial charge in [0.15, 0.2) is 0 Å². The fourth-order valence-electron chi connectivity index (χ4n) is 2.08. The number of rotatable bonds is 7. The van der Waals surface area contributed by atoms with Gasteiger partial charge in [0.25, 0.3) is 0 Å². The number of aliphatic carboxylic acids is 1. The first kappa shape index (κ1) is 16.4. The van der Waals surface area contributed by atoms with E-state index in [-0.39, 0.29) is 19.3 Å². The molecule has 0 radical (unpaired) electrons. The van der Waals surface area contributed by atoms with Crippen LogP contribution in [0, 0.1) is 0 Å². The normalized spacial score (nSPS) is 15.1. The van der Waals surface area contributed by atoms with E-state index in [2.05, 4.69) is 10.2 Å². The van der Waals surface area contributed by atoms with E-state index in [1.54, 1.807) is 7.05 Å². The van der Waals surface area contributed by atoms with Crippen LogP contribution in [-0.4, -0.2) is 66.0 Å². The van der Waals surface area contributed by atoms with Crippen molar-refractivity contribution in [1.82, 2.24) is 15.1 Å². The summed E-state index contributed by atoms with van der Waals surface area (Å²) in [5.74, 6) is -1.36. The summed E-state index contributed by atoms with van der Waals surface area (Å²) in [7, 11) is 1.65. The molecule has 0 aliphatic carbocycles. The fourth-order valence-corrected chi connectivity index (χ4v) is 2.08. The molecule has 1 rings (SSSR count). The lowest BCUT2D eigenvalue weighted by Gasteiger charge is -2.21. The summed E-state index contributed by atoms with van der Waals surface area (Å²) >= 11 is 0. The predicted octanol–water partition coefficient (Wildman–Crippen LogP) is 0.505. The second kappa shape index (κ2) is 8.52. The van der Waals surface area contributed by atoms with Gasteiger partial charge >= 0.3 is 12.0 Å². The Morgan fingerprint density at radius 2 is 1.85 bits per heavy atom. The van der Waals surface area contributed by atoms with E-state index in [1.165, 1.54) is 17.7 Å². The van der Waals surface area contributed by atoms with Crippen molar-refractivity contribution in [3.05, 3.63) is 0 Å². The number of amides is 3. The van der Waals surface area contributed by atoms with Gasteiger partial charge in [0.05, 0.1) is 0 Å². The number of carbonyl (C=O) groups is 3. The standard InChI is InChI=1S/C13H23N3O4/c1-15(9-10-16-7-2-3-8-16)13(20)14-11(17)5-4-6-12(18)19/h2-10H2,1H3,(H,18,19)(H,14,17,20). The molecule has 0 bridgehead atoms. The molecule has 2 N–H and O–H groups in total. The number of urea groups is 1. The van der Waals surface area contributed by atoms with E-state index in [4.69, 9.17) is 5.11 Å². The van der Waals surface area contributed by atoms with Crippen molar-refractivity contribution in [3.8, 4) is 0 Å². The smallest absolute Gasteiger partial charge is 0.323 e. The van der Waals surface area contributed by atoms with Crippen LogP contribution in [0.25, 0.3) is 0 Å². The second-order valence-electron chi connectivity index (χ2n) is 5.07. The largest absolute Gasteiger partial charge is 0.481 e. The van der Waals surface area contributed by atoms with Gasteiger partial charge in [0.1, 0.15) is 0 Å². The number of hydrogen-bond acceptors (Lipinski definition) is 4. The molecular weight excluding hydrogens is 262 g/mol. The Morgan fingerprint density at radius 1 is 1.20 bits per heavy atom. The van der Waals surface area contributed by atoms with E-state index < -0.39 is 17.9 Å². The summed E-state index contributed by atoms with van der Waals surface area (Å²) in [5, 5.41) is 10.7. The third-order valence-corrected chi connectivity index (χ3v) is 3.34. The molecule has 1 heterocycles. The van der Waals surface area contributed by atoms with Crippen LogP contribution < -0.4 is 5.32 Å².